The maximum Gasteiger partial charge on any atom is 0.272 e. The molecule has 2 aliphatic rings. The molecule has 1 aliphatic carbocycles. The van der Waals surface area contributed by atoms with E-state index in [1.54, 1.807) is 13.2 Å². The predicted molar refractivity (Wildman–Crippen MR) is 134 cm³/mol. The maximum atomic E-state index is 13.6. The largest absolute Gasteiger partial charge is 0.404 e. The minimum absolute atomic E-state index is 0.00604. The fourth-order valence-electron chi connectivity index (χ4n) is 4.88. The highest BCUT2D eigenvalue weighted by Gasteiger charge is 2.37. The third-order valence-electron chi connectivity index (χ3n) is 6.73. The summed E-state index contributed by atoms with van der Waals surface area (Å²) < 4.78 is 5.61. The first-order valence-corrected chi connectivity index (χ1v) is 11.5. The van der Waals surface area contributed by atoms with E-state index < -0.39 is 0 Å². The number of nitrogens with zero attached hydrogens (tertiary/aromatic N) is 2. The van der Waals surface area contributed by atoms with Gasteiger partial charge in [0, 0.05) is 19.8 Å². The summed E-state index contributed by atoms with van der Waals surface area (Å²) in [6.45, 7) is 16.1. The SMILES string of the molecule is C=C(C)/C(=C\N)c1cc2c(cc1CC)CCC(C(=NC)C(=O)N1CCOCC1(C)C)=C2C. The van der Waals surface area contributed by atoms with Crippen LogP contribution in [0.3, 0.4) is 0 Å². The van der Waals surface area contributed by atoms with Crippen LogP contribution < -0.4 is 5.73 Å². The van der Waals surface area contributed by atoms with Crippen molar-refractivity contribution in [1.82, 2.24) is 4.90 Å². The summed E-state index contributed by atoms with van der Waals surface area (Å²) in [6.07, 6.45) is 4.28. The number of hydrogen-bond donors (Lipinski definition) is 1. The Bertz CT molecular complexity index is 1030. The number of benzene rings is 1. The first-order valence-electron chi connectivity index (χ1n) is 11.5. The fraction of sp³-hybridized carbons (Fsp3) is 0.481. The van der Waals surface area contributed by atoms with Crippen LogP contribution in [0.5, 0.6) is 0 Å². The van der Waals surface area contributed by atoms with Crippen LogP contribution in [0.25, 0.3) is 11.1 Å². The zero-order chi connectivity index (χ0) is 23.6. The Morgan fingerprint density at radius 2 is 2.06 bits per heavy atom. The number of nitrogens with two attached hydrogens (primary N) is 1. The second-order valence-electron chi connectivity index (χ2n) is 9.38. The lowest BCUT2D eigenvalue weighted by atomic mass is 9.80. The summed E-state index contributed by atoms with van der Waals surface area (Å²) in [7, 11) is 1.72. The first kappa shape index (κ1) is 24.0. The maximum absolute atomic E-state index is 13.6. The molecule has 1 fully saturated rings. The molecule has 0 atom stereocenters. The number of amides is 1. The zero-order valence-corrected chi connectivity index (χ0v) is 20.5. The van der Waals surface area contributed by atoms with E-state index in [-0.39, 0.29) is 11.4 Å². The van der Waals surface area contributed by atoms with Crippen molar-refractivity contribution >= 4 is 22.8 Å². The van der Waals surface area contributed by atoms with E-state index in [1.165, 1.54) is 16.7 Å². The van der Waals surface area contributed by atoms with Crippen LogP contribution >= 0.6 is 0 Å². The second-order valence-corrected chi connectivity index (χ2v) is 9.38. The molecule has 1 saturated heterocycles. The number of aryl methyl sites for hydroxylation is 2. The molecule has 172 valence electrons. The van der Waals surface area contributed by atoms with Gasteiger partial charge in [0.15, 0.2) is 0 Å². The summed E-state index contributed by atoms with van der Waals surface area (Å²) in [5.74, 6) is -0.00604. The molecule has 0 bridgehead atoms. The number of fused-ring (bicyclic) bond motifs is 1. The number of aliphatic imine (C=N–C) groups is 1. The lowest BCUT2D eigenvalue weighted by Gasteiger charge is -2.42. The Hall–Kier alpha value is -2.66. The van der Waals surface area contributed by atoms with Gasteiger partial charge in [-0.15, -0.1) is 0 Å². The number of carbonyl (C=O) groups excluding carboxylic acids is 1. The third-order valence-corrected chi connectivity index (χ3v) is 6.73. The van der Waals surface area contributed by atoms with E-state index in [2.05, 4.69) is 37.6 Å². The molecule has 0 spiro atoms. The Labute approximate surface area is 192 Å². The van der Waals surface area contributed by atoms with Gasteiger partial charge in [-0.2, -0.15) is 0 Å². The normalized spacial score (nSPS) is 19.1. The molecule has 1 aromatic rings. The van der Waals surface area contributed by atoms with Gasteiger partial charge >= 0.3 is 0 Å². The van der Waals surface area contributed by atoms with Crippen LogP contribution in [-0.2, 0) is 22.4 Å². The summed E-state index contributed by atoms with van der Waals surface area (Å²) in [4.78, 5) is 20.0. The van der Waals surface area contributed by atoms with Crippen molar-refractivity contribution in [1.29, 1.82) is 0 Å². The topological polar surface area (TPSA) is 67.9 Å². The van der Waals surface area contributed by atoms with Crippen molar-refractivity contribution in [3.63, 3.8) is 0 Å². The number of ether oxygens (including phenoxy) is 1. The monoisotopic (exact) mass is 435 g/mol. The molecule has 1 amide bonds. The van der Waals surface area contributed by atoms with Gasteiger partial charge in [0.2, 0.25) is 0 Å². The van der Waals surface area contributed by atoms with Crippen LogP contribution in [0.4, 0.5) is 0 Å². The lowest BCUT2D eigenvalue weighted by Crippen LogP contribution is -2.57. The van der Waals surface area contributed by atoms with Crippen molar-refractivity contribution in [2.45, 2.75) is 59.4 Å². The molecule has 0 unspecified atom stereocenters. The molecule has 32 heavy (non-hydrogen) atoms. The molecule has 5 heteroatoms. The smallest absolute Gasteiger partial charge is 0.272 e. The fourth-order valence-corrected chi connectivity index (χ4v) is 4.88. The molecule has 1 heterocycles. The van der Waals surface area contributed by atoms with Gasteiger partial charge in [0.25, 0.3) is 5.91 Å². The molecular weight excluding hydrogens is 398 g/mol. The highest BCUT2D eigenvalue weighted by atomic mass is 16.5. The number of allylic oxidation sites excluding steroid dienone is 3. The summed E-state index contributed by atoms with van der Waals surface area (Å²) in [5, 5.41) is 0. The highest BCUT2D eigenvalue weighted by molar-refractivity contribution is 6.46. The van der Waals surface area contributed by atoms with Crippen LogP contribution in [0.15, 0.2) is 41.1 Å². The van der Waals surface area contributed by atoms with Crippen molar-refractivity contribution in [2.75, 3.05) is 26.8 Å². The Kier molecular flexibility index (Phi) is 7.09. The molecule has 0 saturated carbocycles. The minimum atomic E-state index is -0.349. The van der Waals surface area contributed by atoms with Crippen LogP contribution in [-0.4, -0.2) is 48.9 Å². The van der Waals surface area contributed by atoms with Gasteiger partial charge < -0.3 is 15.4 Å². The molecule has 0 radical (unpaired) electrons. The molecule has 3 rings (SSSR count). The van der Waals surface area contributed by atoms with Gasteiger partial charge in [0.1, 0.15) is 5.71 Å². The van der Waals surface area contributed by atoms with E-state index in [9.17, 15) is 4.79 Å². The molecule has 0 aromatic heterocycles. The van der Waals surface area contributed by atoms with Crippen molar-refractivity contribution in [3.05, 3.63) is 58.3 Å². The Morgan fingerprint density at radius 3 is 2.62 bits per heavy atom. The molecule has 1 aromatic carbocycles. The van der Waals surface area contributed by atoms with E-state index in [0.29, 0.717) is 25.5 Å². The molecule has 5 nitrogen and oxygen atoms in total. The minimum Gasteiger partial charge on any atom is -0.404 e. The van der Waals surface area contributed by atoms with E-state index in [4.69, 9.17) is 10.5 Å². The molecule has 2 N–H and O–H groups in total. The predicted octanol–water partition coefficient (Wildman–Crippen LogP) is 4.55. The van der Waals surface area contributed by atoms with Gasteiger partial charge in [-0.1, -0.05) is 19.6 Å². The Morgan fingerprint density at radius 1 is 1.34 bits per heavy atom. The average Bonchev–Trinajstić information content (AvgIpc) is 2.75. The van der Waals surface area contributed by atoms with E-state index >= 15 is 0 Å². The standard InChI is InChI=1S/C27H37N3O2/c1-8-19-13-20-9-10-21(18(4)22(20)14-23(19)24(15-28)17(2)3)25(29-7)26(31)30-11-12-32-16-27(30,5)6/h13-15H,2,8-12,16,28H2,1,3-7H3/b24-15+,29-25?. The van der Waals surface area contributed by atoms with Crippen molar-refractivity contribution in [2.24, 2.45) is 10.7 Å². The summed E-state index contributed by atoms with van der Waals surface area (Å²) >= 11 is 0. The van der Waals surface area contributed by atoms with Crippen LogP contribution in [0.1, 0.15) is 63.3 Å². The van der Waals surface area contributed by atoms with Crippen LogP contribution in [0.2, 0.25) is 0 Å². The van der Waals surface area contributed by atoms with E-state index in [0.717, 1.165) is 47.1 Å². The quantitative estimate of drug-likeness (QED) is 0.545. The summed E-state index contributed by atoms with van der Waals surface area (Å²) in [5.41, 5.74) is 15.2. The second kappa shape index (κ2) is 9.45. The Balaban J connectivity index is 2.09. The molecular formula is C27H37N3O2. The number of morpholine rings is 1. The highest BCUT2D eigenvalue weighted by Crippen LogP contribution is 2.37. The van der Waals surface area contributed by atoms with E-state index in [1.807, 2.05) is 25.7 Å². The van der Waals surface area contributed by atoms with Crippen molar-refractivity contribution < 1.29 is 9.53 Å². The first-order chi connectivity index (χ1) is 15.2. The molecule has 1 aliphatic heterocycles. The lowest BCUT2D eigenvalue weighted by molar-refractivity contribution is -0.138. The van der Waals surface area contributed by atoms with Gasteiger partial charge in [-0.3, -0.25) is 9.79 Å². The van der Waals surface area contributed by atoms with Crippen LogP contribution in [0, 0.1) is 0 Å². The van der Waals surface area contributed by atoms with Gasteiger partial charge in [-0.05, 0) is 97.6 Å². The van der Waals surface area contributed by atoms with Gasteiger partial charge in [-0.25, -0.2) is 0 Å². The van der Waals surface area contributed by atoms with Gasteiger partial charge in [0.05, 0.1) is 18.8 Å². The number of hydrogen-bond acceptors (Lipinski definition) is 4. The average molecular weight is 436 g/mol. The number of rotatable bonds is 5. The third kappa shape index (κ3) is 4.31. The number of carbonyl (C=O) groups is 1. The zero-order valence-electron chi connectivity index (χ0n) is 20.5. The summed E-state index contributed by atoms with van der Waals surface area (Å²) in [6, 6.07) is 4.53. The van der Waals surface area contributed by atoms with Crippen molar-refractivity contribution in [3.8, 4) is 0 Å².